The van der Waals surface area contributed by atoms with Crippen LogP contribution in [0.3, 0.4) is 0 Å². The van der Waals surface area contributed by atoms with Crippen LogP contribution in [-0.4, -0.2) is 34.3 Å². The highest BCUT2D eigenvalue weighted by atomic mass is 127. The van der Waals surface area contributed by atoms with Gasteiger partial charge in [0.15, 0.2) is 5.96 Å². The fourth-order valence-electron chi connectivity index (χ4n) is 2.16. The molecule has 1 aromatic heterocycles. The normalized spacial score (nSPS) is 11.7. The van der Waals surface area contributed by atoms with E-state index in [2.05, 4.69) is 63.8 Å². The molecule has 0 amide bonds. The lowest BCUT2D eigenvalue weighted by atomic mass is 9.85. The van der Waals surface area contributed by atoms with E-state index < -0.39 is 0 Å². The molecule has 0 bridgehead atoms. The van der Waals surface area contributed by atoms with Crippen molar-refractivity contribution in [3.8, 4) is 0 Å². The molecule has 0 radical (unpaired) electrons. The third-order valence-electron chi connectivity index (χ3n) is 3.70. The molecule has 0 unspecified atom stereocenters. The summed E-state index contributed by atoms with van der Waals surface area (Å²) in [5.41, 5.74) is 1.31. The summed E-state index contributed by atoms with van der Waals surface area (Å²) in [4.78, 5) is 8.44. The molecule has 0 aliphatic heterocycles. The predicted molar refractivity (Wildman–Crippen MR) is 104 cm³/mol. The van der Waals surface area contributed by atoms with Crippen LogP contribution in [0.15, 0.2) is 41.7 Å². The number of rotatable bonds is 5. The molecule has 0 atom stereocenters. The van der Waals surface area contributed by atoms with Crippen LogP contribution >= 0.6 is 24.0 Å². The maximum Gasteiger partial charge on any atom is 0.191 e. The van der Waals surface area contributed by atoms with Crippen molar-refractivity contribution in [1.82, 2.24) is 25.4 Å². The minimum Gasteiger partial charge on any atom is -0.356 e. The van der Waals surface area contributed by atoms with Crippen molar-refractivity contribution in [3.63, 3.8) is 0 Å². The number of nitrogens with zero attached hydrogens (tertiary/aromatic N) is 4. The Morgan fingerprint density at radius 3 is 2.48 bits per heavy atom. The molecule has 0 fully saturated rings. The van der Waals surface area contributed by atoms with Crippen LogP contribution in [0, 0.1) is 0 Å². The highest BCUT2D eigenvalue weighted by molar-refractivity contribution is 14.0. The third-order valence-corrected chi connectivity index (χ3v) is 3.70. The van der Waals surface area contributed by atoms with Gasteiger partial charge in [-0.15, -0.1) is 24.0 Å². The van der Waals surface area contributed by atoms with Gasteiger partial charge >= 0.3 is 0 Å². The molecule has 2 aromatic rings. The van der Waals surface area contributed by atoms with Gasteiger partial charge in [0.25, 0.3) is 0 Å². The summed E-state index contributed by atoms with van der Waals surface area (Å²) in [7, 11) is 3.64. The predicted octanol–water partition coefficient (Wildman–Crippen LogP) is 2.08. The fraction of sp³-hybridized carbons (Fsp3) is 0.438. The first-order chi connectivity index (χ1) is 10.5. The first kappa shape index (κ1) is 19.4. The molecule has 2 rings (SSSR count). The van der Waals surface area contributed by atoms with Gasteiger partial charge in [0, 0.05) is 26.1 Å². The smallest absolute Gasteiger partial charge is 0.191 e. The Labute approximate surface area is 154 Å². The minimum atomic E-state index is 0. The first-order valence-corrected chi connectivity index (χ1v) is 7.36. The van der Waals surface area contributed by atoms with Gasteiger partial charge in [0.1, 0.15) is 12.2 Å². The lowest BCUT2D eigenvalue weighted by Gasteiger charge is -2.26. The first-order valence-electron chi connectivity index (χ1n) is 7.36. The number of hydrogen-bond acceptors (Lipinski definition) is 3. The van der Waals surface area contributed by atoms with Gasteiger partial charge < -0.3 is 10.6 Å². The van der Waals surface area contributed by atoms with Gasteiger partial charge in [0.05, 0.1) is 6.54 Å². The van der Waals surface area contributed by atoms with E-state index >= 15 is 0 Å². The zero-order chi connectivity index (χ0) is 16.0. The Morgan fingerprint density at radius 2 is 1.91 bits per heavy atom. The SMILES string of the molecule is CN=C(NCc1ncnn1C)NCC(C)(C)c1ccccc1.I. The van der Waals surface area contributed by atoms with E-state index in [9.17, 15) is 0 Å². The van der Waals surface area contributed by atoms with Crippen LogP contribution in [0.2, 0.25) is 0 Å². The highest BCUT2D eigenvalue weighted by Crippen LogP contribution is 2.21. The zero-order valence-electron chi connectivity index (χ0n) is 14.1. The highest BCUT2D eigenvalue weighted by Gasteiger charge is 2.20. The van der Waals surface area contributed by atoms with E-state index in [-0.39, 0.29) is 29.4 Å². The van der Waals surface area contributed by atoms with Crippen LogP contribution in [0.1, 0.15) is 25.2 Å². The van der Waals surface area contributed by atoms with E-state index in [1.165, 1.54) is 5.56 Å². The molecule has 2 N–H and O–H groups in total. The number of aryl methyl sites for hydroxylation is 1. The maximum atomic E-state index is 4.25. The molecular formula is C16H25IN6. The van der Waals surface area contributed by atoms with Crippen molar-refractivity contribution in [3.05, 3.63) is 48.0 Å². The van der Waals surface area contributed by atoms with Gasteiger partial charge in [-0.25, -0.2) is 4.98 Å². The average molecular weight is 428 g/mol. The van der Waals surface area contributed by atoms with E-state index in [1.54, 1.807) is 18.1 Å². The summed E-state index contributed by atoms with van der Waals surface area (Å²) in [6.45, 7) is 5.80. The second kappa shape index (κ2) is 8.85. The zero-order valence-corrected chi connectivity index (χ0v) is 16.4. The van der Waals surface area contributed by atoms with Gasteiger partial charge in [-0.3, -0.25) is 9.67 Å². The molecule has 1 heterocycles. The van der Waals surface area contributed by atoms with Crippen molar-refractivity contribution in [1.29, 1.82) is 0 Å². The molecule has 126 valence electrons. The molecule has 0 saturated carbocycles. The van der Waals surface area contributed by atoms with E-state index in [4.69, 9.17) is 0 Å². The van der Waals surface area contributed by atoms with Crippen LogP contribution in [0.4, 0.5) is 0 Å². The van der Waals surface area contributed by atoms with Crippen LogP contribution in [0.25, 0.3) is 0 Å². The topological polar surface area (TPSA) is 67.1 Å². The Morgan fingerprint density at radius 1 is 1.22 bits per heavy atom. The molecule has 0 spiro atoms. The van der Waals surface area contributed by atoms with Crippen molar-refractivity contribution in [2.45, 2.75) is 25.8 Å². The monoisotopic (exact) mass is 428 g/mol. The second-order valence-electron chi connectivity index (χ2n) is 5.83. The quantitative estimate of drug-likeness (QED) is 0.435. The van der Waals surface area contributed by atoms with Gasteiger partial charge in [-0.2, -0.15) is 5.10 Å². The van der Waals surface area contributed by atoms with Gasteiger partial charge in [-0.1, -0.05) is 44.2 Å². The molecule has 23 heavy (non-hydrogen) atoms. The second-order valence-corrected chi connectivity index (χ2v) is 5.83. The molecular weight excluding hydrogens is 403 g/mol. The molecule has 1 aromatic carbocycles. The van der Waals surface area contributed by atoms with Crippen LogP contribution < -0.4 is 10.6 Å². The number of hydrogen-bond donors (Lipinski definition) is 2. The van der Waals surface area contributed by atoms with Crippen molar-refractivity contribution < 1.29 is 0 Å². The Balaban J connectivity index is 0.00000264. The maximum absolute atomic E-state index is 4.25. The van der Waals surface area contributed by atoms with Crippen molar-refractivity contribution in [2.75, 3.05) is 13.6 Å². The van der Waals surface area contributed by atoms with Crippen molar-refractivity contribution in [2.24, 2.45) is 12.0 Å². The number of aliphatic imine (C=N–C) groups is 1. The molecule has 7 heteroatoms. The van der Waals surface area contributed by atoms with E-state index in [0.717, 1.165) is 18.3 Å². The van der Waals surface area contributed by atoms with E-state index in [1.807, 2.05) is 13.1 Å². The minimum absolute atomic E-state index is 0. The summed E-state index contributed by atoms with van der Waals surface area (Å²) in [5, 5.41) is 10.7. The molecule has 0 saturated heterocycles. The standard InChI is InChI=1S/C16H24N6.HI/c1-16(2,13-8-6-5-7-9-13)11-19-15(17-3)18-10-14-20-12-21-22(14)4;/h5-9,12H,10-11H2,1-4H3,(H2,17,18,19);1H. The lowest BCUT2D eigenvalue weighted by Crippen LogP contribution is -2.43. The summed E-state index contributed by atoms with van der Waals surface area (Å²) >= 11 is 0. The molecule has 0 aliphatic rings. The Hall–Kier alpha value is -1.64. The summed E-state index contributed by atoms with van der Waals surface area (Å²) in [5.74, 6) is 1.62. The number of guanidine groups is 1. The van der Waals surface area contributed by atoms with E-state index in [0.29, 0.717) is 6.54 Å². The average Bonchev–Trinajstić information content (AvgIpc) is 2.93. The fourth-order valence-corrected chi connectivity index (χ4v) is 2.16. The van der Waals surface area contributed by atoms with Crippen LogP contribution in [0.5, 0.6) is 0 Å². The Kier molecular flexibility index (Phi) is 7.47. The third kappa shape index (κ3) is 5.49. The summed E-state index contributed by atoms with van der Waals surface area (Å²) < 4.78 is 1.74. The van der Waals surface area contributed by atoms with Crippen LogP contribution in [-0.2, 0) is 19.0 Å². The number of nitrogens with one attached hydrogen (secondary N) is 2. The molecule has 0 aliphatic carbocycles. The number of aromatic nitrogens is 3. The van der Waals surface area contributed by atoms with Gasteiger partial charge in [-0.05, 0) is 5.56 Å². The molecule has 6 nitrogen and oxygen atoms in total. The van der Waals surface area contributed by atoms with Gasteiger partial charge in [0.2, 0.25) is 0 Å². The van der Waals surface area contributed by atoms with Crippen molar-refractivity contribution >= 4 is 29.9 Å². The largest absolute Gasteiger partial charge is 0.356 e. The Bertz CT molecular complexity index is 621. The lowest BCUT2D eigenvalue weighted by molar-refractivity contribution is 0.508. The number of benzene rings is 1. The summed E-state index contributed by atoms with van der Waals surface area (Å²) in [6.07, 6.45) is 1.55. The summed E-state index contributed by atoms with van der Waals surface area (Å²) in [6, 6.07) is 10.5. The number of halogens is 1.